The zero-order chi connectivity index (χ0) is 9.30. The molecule has 0 fully saturated rings. The number of rotatable bonds is 1. The van der Waals surface area contributed by atoms with Crippen LogP contribution in [0.3, 0.4) is 0 Å². The van der Waals surface area contributed by atoms with Gasteiger partial charge in [-0.15, -0.1) is 0 Å². The Balaban J connectivity index is 3.39. The predicted octanol–water partition coefficient (Wildman–Crippen LogP) is 4.15. The van der Waals surface area contributed by atoms with Gasteiger partial charge in [-0.3, -0.25) is 0 Å². The lowest BCUT2D eigenvalue weighted by atomic mass is 10.5. The van der Waals surface area contributed by atoms with E-state index in [2.05, 4.69) is 4.98 Å². The second kappa shape index (κ2) is 4.50. The van der Waals surface area contributed by atoms with Gasteiger partial charge in [0, 0.05) is 7.93 Å². The van der Waals surface area contributed by atoms with Crippen molar-refractivity contribution in [1.29, 1.82) is 0 Å². The molecule has 1 nitrogen and oxygen atoms in total. The number of nitrogens with zero attached hydrogens (tertiary/aromatic N) is 1. The molecule has 0 saturated carbocycles. The summed E-state index contributed by atoms with van der Waals surface area (Å²) in [5, 5.41) is 0.733. The summed E-state index contributed by atoms with van der Waals surface area (Å²) in [7, 11) is -0.0804. The minimum Gasteiger partial charge on any atom is -0.232 e. The first-order chi connectivity index (χ1) is 5.57. The molecule has 1 unspecified atom stereocenters. The molecule has 0 radical (unpaired) electrons. The first-order valence-corrected chi connectivity index (χ1v) is 6.17. The molecule has 66 valence electrons. The van der Waals surface area contributed by atoms with E-state index in [1.807, 2.05) is 0 Å². The van der Waals surface area contributed by atoms with Crippen LogP contribution < -0.4 is 5.44 Å². The Morgan fingerprint density at radius 2 is 1.50 bits per heavy atom. The first kappa shape index (κ1) is 11.1. The second-order valence-electron chi connectivity index (χ2n) is 1.79. The van der Waals surface area contributed by atoms with Crippen molar-refractivity contribution >= 4 is 71.0 Å². The van der Waals surface area contributed by atoms with Crippen LogP contribution in [0.2, 0.25) is 20.2 Å². The Morgan fingerprint density at radius 1 is 0.917 bits per heavy atom. The number of hydrogen-bond donors (Lipinski definition) is 0. The van der Waals surface area contributed by atoms with Crippen molar-refractivity contribution in [2.45, 2.75) is 0 Å². The zero-order valence-electron chi connectivity index (χ0n) is 5.34. The van der Waals surface area contributed by atoms with Crippen LogP contribution in [0.4, 0.5) is 0 Å². The van der Waals surface area contributed by atoms with Crippen molar-refractivity contribution in [3.8, 4) is 0 Å². The highest BCUT2D eigenvalue weighted by Gasteiger charge is 2.13. The average Bonchev–Trinajstić information content (AvgIpc) is 2.08. The highest BCUT2D eigenvalue weighted by atomic mass is 35.7. The van der Waals surface area contributed by atoms with Gasteiger partial charge in [0.2, 0.25) is 0 Å². The molecule has 1 heterocycles. The Bertz CT molecular complexity index is 315. The summed E-state index contributed by atoms with van der Waals surface area (Å²) in [6.45, 7) is 0. The third-order valence-corrected chi connectivity index (χ3v) is 3.99. The number of halogens is 5. The molecule has 1 aromatic heterocycles. The van der Waals surface area contributed by atoms with Crippen LogP contribution >= 0.6 is 65.6 Å². The van der Waals surface area contributed by atoms with Gasteiger partial charge in [-0.05, 0) is 0 Å². The van der Waals surface area contributed by atoms with E-state index in [4.69, 9.17) is 57.6 Å². The summed E-state index contributed by atoms with van der Waals surface area (Å²) in [6.07, 6.45) is 0. The highest BCUT2D eigenvalue weighted by molar-refractivity contribution is 7.74. The van der Waals surface area contributed by atoms with Gasteiger partial charge in [0.1, 0.15) is 5.15 Å². The lowest BCUT2D eigenvalue weighted by molar-refractivity contribution is 1.39. The molecule has 1 atom stereocenters. The van der Waals surface area contributed by atoms with Gasteiger partial charge < -0.3 is 0 Å². The van der Waals surface area contributed by atoms with E-state index in [1.165, 1.54) is 0 Å². The van der Waals surface area contributed by atoms with Crippen LogP contribution in [0.1, 0.15) is 0 Å². The maximum atomic E-state index is 5.76. The average molecular weight is 283 g/mol. The minimum atomic E-state index is -0.0804. The Labute approximate surface area is 95.9 Å². The smallest absolute Gasteiger partial charge is 0.150 e. The fraction of sp³-hybridized carbons (Fsp3) is 0. The van der Waals surface area contributed by atoms with E-state index in [0.29, 0.717) is 5.44 Å². The Kier molecular flexibility index (Phi) is 4.17. The third kappa shape index (κ3) is 2.09. The summed E-state index contributed by atoms with van der Waals surface area (Å²) < 4.78 is 0. The molecule has 0 aromatic carbocycles. The van der Waals surface area contributed by atoms with Gasteiger partial charge in [-0.25, -0.2) is 4.98 Å². The summed E-state index contributed by atoms with van der Waals surface area (Å²) in [4.78, 5) is 3.85. The second-order valence-corrected chi connectivity index (χ2v) is 4.51. The van der Waals surface area contributed by atoms with E-state index >= 15 is 0 Å². The monoisotopic (exact) mass is 281 g/mol. The molecule has 0 spiro atoms. The first-order valence-electron chi connectivity index (χ1n) is 2.64. The zero-order valence-corrected chi connectivity index (χ0v) is 10.1. The van der Waals surface area contributed by atoms with Crippen LogP contribution in [-0.4, -0.2) is 4.98 Å². The number of aromatic nitrogens is 1. The summed E-state index contributed by atoms with van der Waals surface area (Å²) in [5.41, 5.74) is 0.456. The van der Waals surface area contributed by atoms with Crippen molar-refractivity contribution in [1.82, 2.24) is 4.98 Å². The van der Waals surface area contributed by atoms with Crippen LogP contribution in [0.5, 0.6) is 0 Å². The maximum absolute atomic E-state index is 5.76. The molecule has 0 aliphatic carbocycles. The number of hydrogen-bond acceptors (Lipinski definition) is 1. The minimum absolute atomic E-state index is 0.0804. The fourth-order valence-corrected chi connectivity index (χ4v) is 2.49. The quantitative estimate of drug-likeness (QED) is 0.557. The summed E-state index contributed by atoms with van der Waals surface area (Å²) in [6, 6.07) is 0. The van der Waals surface area contributed by atoms with Crippen LogP contribution in [0, 0.1) is 0 Å². The number of pyridine rings is 1. The SMILES string of the molecule is ClPc1nc(Cl)c(Cl)c(Cl)c1Cl. The lowest BCUT2D eigenvalue weighted by Gasteiger charge is -2.04. The molecular weight excluding hydrogens is 282 g/mol. The van der Waals surface area contributed by atoms with Gasteiger partial charge in [0.05, 0.1) is 20.5 Å². The molecule has 0 N–H and O–H groups in total. The van der Waals surface area contributed by atoms with E-state index in [-0.39, 0.29) is 28.2 Å². The largest absolute Gasteiger partial charge is 0.232 e. The van der Waals surface area contributed by atoms with E-state index in [0.717, 1.165) is 0 Å². The predicted molar refractivity (Wildman–Crippen MR) is 58.1 cm³/mol. The molecule has 7 heteroatoms. The van der Waals surface area contributed by atoms with Gasteiger partial charge in [0.15, 0.2) is 0 Å². The molecule has 0 saturated heterocycles. The molecule has 0 aliphatic heterocycles. The topological polar surface area (TPSA) is 12.9 Å². The van der Waals surface area contributed by atoms with Crippen LogP contribution in [0.15, 0.2) is 0 Å². The van der Waals surface area contributed by atoms with Crippen molar-refractivity contribution in [3.63, 3.8) is 0 Å². The molecule has 1 aromatic rings. The van der Waals surface area contributed by atoms with Gasteiger partial charge in [-0.1, -0.05) is 57.6 Å². The van der Waals surface area contributed by atoms with Crippen molar-refractivity contribution < 1.29 is 0 Å². The molecule has 1 rings (SSSR count). The van der Waals surface area contributed by atoms with Gasteiger partial charge >= 0.3 is 0 Å². The normalized spacial score (nSPS) is 11.4. The molecule has 12 heavy (non-hydrogen) atoms. The maximum Gasteiger partial charge on any atom is 0.150 e. The van der Waals surface area contributed by atoms with Crippen LogP contribution in [0.25, 0.3) is 0 Å². The van der Waals surface area contributed by atoms with Crippen LogP contribution in [-0.2, 0) is 0 Å². The fourth-order valence-electron chi connectivity index (χ4n) is 0.550. The van der Waals surface area contributed by atoms with E-state index < -0.39 is 0 Å². The van der Waals surface area contributed by atoms with Gasteiger partial charge in [0.25, 0.3) is 0 Å². The van der Waals surface area contributed by atoms with Crippen molar-refractivity contribution in [2.24, 2.45) is 0 Å². The summed E-state index contributed by atoms with van der Waals surface area (Å²) in [5.74, 6) is 0. The molecule has 0 amide bonds. The molecule has 0 bridgehead atoms. The Morgan fingerprint density at radius 3 is 2.00 bits per heavy atom. The lowest BCUT2D eigenvalue weighted by Crippen LogP contribution is -2.02. The molecular formula is C5HCl5NP. The Hall–Kier alpha value is 1.03. The third-order valence-electron chi connectivity index (χ3n) is 1.07. The van der Waals surface area contributed by atoms with Crippen molar-refractivity contribution in [2.75, 3.05) is 0 Å². The van der Waals surface area contributed by atoms with E-state index in [1.54, 1.807) is 0 Å². The van der Waals surface area contributed by atoms with Gasteiger partial charge in [-0.2, -0.15) is 0 Å². The standard InChI is InChI=1S/C5HCl5NP/c6-1-2(7)4(9)11-5(12-10)3(1)8/h12H. The molecule has 0 aliphatic rings. The van der Waals surface area contributed by atoms with Crippen molar-refractivity contribution in [3.05, 3.63) is 20.2 Å². The highest BCUT2D eigenvalue weighted by Crippen LogP contribution is 2.35. The van der Waals surface area contributed by atoms with E-state index in [9.17, 15) is 0 Å². The summed E-state index contributed by atoms with van der Waals surface area (Å²) >= 11 is 28.3.